The number of carbonyl (C=O) groups is 1. The second-order valence-electron chi connectivity index (χ2n) is 3.22. The van der Waals surface area contributed by atoms with Crippen molar-refractivity contribution in [3.05, 3.63) is 21.9 Å². The maximum Gasteiger partial charge on any atom is 0.275 e. The van der Waals surface area contributed by atoms with Gasteiger partial charge in [-0.2, -0.15) is 0 Å². The van der Waals surface area contributed by atoms with Gasteiger partial charge in [0.2, 0.25) is 0 Å². The zero-order valence-electron chi connectivity index (χ0n) is 8.06. The van der Waals surface area contributed by atoms with Crippen LogP contribution in [0.25, 0.3) is 0 Å². The summed E-state index contributed by atoms with van der Waals surface area (Å²) in [5.41, 5.74) is 2.98. The van der Waals surface area contributed by atoms with Gasteiger partial charge in [0.1, 0.15) is 6.10 Å². The van der Waals surface area contributed by atoms with Crippen LogP contribution in [0.15, 0.2) is 11.4 Å². The van der Waals surface area contributed by atoms with E-state index in [0.717, 1.165) is 5.56 Å². The summed E-state index contributed by atoms with van der Waals surface area (Å²) in [5.74, 6) is 4.80. The fraction of sp³-hybridized carbons (Fsp3) is 0.444. The van der Waals surface area contributed by atoms with Crippen molar-refractivity contribution < 1.29 is 14.3 Å². The molecule has 2 rings (SSSR count). The third kappa shape index (κ3) is 2.35. The molecule has 0 bridgehead atoms. The predicted octanol–water partition coefficient (Wildman–Crippen LogP) is 0.267. The van der Waals surface area contributed by atoms with Gasteiger partial charge in [0.15, 0.2) is 0 Å². The van der Waals surface area contributed by atoms with Crippen LogP contribution in [0.5, 0.6) is 0 Å². The molecule has 0 radical (unpaired) electrons. The van der Waals surface area contributed by atoms with E-state index >= 15 is 0 Å². The standard InChI is InChI=1S/C9H12N2O3S/c10-11-9(12)8-6(1-2-15-8)3-14-7-4-13-5-7/h1-2,7H,3-5,10H2,(H,11,12). The molecule has 0 saturated carbocycles. The van der Waals surface area contributed by atoms with Gasteiger partial charge < -0.3 is 9.47 Å². The summed E-state index contributed by atoms with van der Waals surface area (Å²) in [6.07, 6.45) is 0.165. The van der Waals surface area contributed by atoms with Gasteiger partial charge in [0.05, 0.1) is 24.7 Å². The summed E-state index contributed by atoms with van der Waals surface area (Å²) in [7, 11) is 0. The molecule has 0 unspecified atom stereocenters. The molecule has 0 aromatic carbocycles. The number of rotatable bonds is 4. The molecule has 0 spiro atoms. The average molecular weight is 228 g/mol. The highest BCUT2D eigenvalue weighted by Crippen LogP contribution is 2.19. The molecular weight excluding hydrogens is 216 g/mol. The summed E-state index contributed by atoms with van der Waals surface area (Å²) in [6, 6.07) is 1.87. The molecule has 6 heteroatoms. The van der Waals surface area contributed by atoms with Gasteiger partial charge in [-0.3, -0.25) is 10.2 Å². The number of amides is 1. The lowest BCUT2D eigenvalue weighted by Crippen LogP contribution is -2.36. The number of hydrogen-bond donors (Lipinski definition) is 2. The number of hydrogen-bond acceptors (Lipinski definition) is 5. The summed E-state index contributed by atoms with van der Waals surface area (Å²) < 4.78 is 10.5. The predicted molar refractivity (Wildman–Crippen MR) is 55.4 cm³/mol. The lowest BCUT2D eigenvalue weighted by Gasteiger charge is -2.25. The molecule has 3 N–H and O–H groups in total. The van der Waals surface area contributed by atoms with E-state index in [0.29, 0.717) is 24.7 Å². The Morgan fingerprint density at radius 1 is 1.73 bits per heavy atom. The van der Waals surface area contributed by atoms with Gasteiger partial charge >= 0.3 is 0 Å². The van der Waals surface area contributed by atoms with Crippen LogP contribution in [0.1, 0.15) is 15.2 Å². The first kappa shape index (κ1) is 10.6. The SMILES string of the molecule is NNC(=O)c1sccc1COC1COC1. The molecule has 82 valence electrons. The third-order valence-corrected chi connectivity index (χ3v) is 3.12. The van der Waals surface area contributed by atoms with Crippen molar-refractivity contribution in [3.8, 4) is 0 Å². The number of thiophene rings is 1. The summed E-state index contributed by atoms with van der Waals surface area (Å²) in [5, 5.41) is 1.85. The maximum atomic E-state index is 11.3. The first-order valence-electron chi connectivity index (χ1n) is 4.58. The highest BCUT2D eigenvalue weighted by atomic mass is 32.1. The van der Waals surface area contributed by atoms with Gasteiger partial charge in [0.25, 0.3) is 5.91 Å². The molecule has 1 aliphatic heterocycles. The minimum atomic E-state index is -0.270. The number of hydrazine groups is 1. The van der Waals surface area contributed by atoms with Crippen molar-refractivity contribution in [1.29, 1.82) is 0 Å². The quantitative estimate of drug-likeness (QED) is 0.440. The van der Waals surface area contributed by atoms with Crippen LogP contribution >= 0.6 is 11.3 Å². The van der Waals surface area contributed by atoms with E-state index in [2.05, 4.69) is 5.43 Å². The van der Waals surface area contributed by atoms with E-state index in [1.54, 1.807) is 0 Å². The number of carbonyl (C=O) groups excluding carboxylic acids is 1. The van der Waals surface area contributed by atoms with Crippen LogP contribution in [0.2, 0.25) is 0 Å². The molecule has 1 aromatic heterocycles. The van der Waals surface area contributed by atoms with Gasteiger partial charge in [-0.05, 0) is 11.4 Å². The summed E-state index contributed by atoms with van der Waals surface area (Å²) in [4.78, 5) is 11.9. The fourth-order valence-electron chi connectivity index (χ4n) is 1.23. The number of nitrogen functional groups attached to an aromatic ring is 1. The fourth-order valence-corrected chi connectivity index (χ4v) is 2.04. The van der Waals surface area contributed by atoms with Crippen molar-refractivity contribution in [1.82, 2.24) is 5.43 Å². The van der Waals surface area contributed by atoms with Crippen molar-refractivity contribution in [2.75, 3.05) is 13.2 Å². The Hall–Kier alpha value is -0.950. The van der Waals surface area contributed by atoms with Crippen molar-refractivity contribution >= 4 is 17.2 Å². The van der Waals surface area contributed by atoms with Crippen LogP contribution in [0.4, 0.5) is 0 Å². The van der Waals surface area contributed by atoms with Gasteiger partial charge in [-0.15, -0.1) is 11.3 Å². The van der Waals surface area contributed by atoms with E-state index in [4.69, 9.17) is 15.3 Å². The average Bonchev–Trinajstić information content (AvgIpc) is 2.62. The minimum absolute atomic E-state index is 0.165. The van der Waals surface area contributed by atoms with E-state index in [1.165, 1.54) is 11.3 Å². The largest absolute Gasteiger partial charge is 0.376 e. The highest BCUT2D eigenvalue weighted by Gasteiger charge is 2.20. The molecule has 5 nitrogen and oxygen atoms in total. The lowest BCUT2D eigenvalue weighted by atomic mass is 10.2. The smallest absolute Gasteiger partial charge is 0.275 e. The Morgan fingerprint density at radius 3 is 3.13 bits per heavy atom. The number of nitrogens with one attached hydrogen (secondary N) is 1. The van der Waals surface area contributed by atoms with Crippen molar-refractivity contribution in [2.45, 2.75) is 12.7 Å². The molecule has 0 aliphatic carbocycles. The Bertz CT molecular complexity index is 349. The molecule has 1 amide bonds. The Labute approximate surface area is 91.1 Å². The number of nitrogens with two attached hydrogens (primary N) is 1. The molecule has 2 heterocycles. The Kier molecular flexibility index (Phi) is 3.32. The first-order chi connectivity index (χ1) is 7.31. The normalized spacial score (nSPS) is 16.1. The van der Waals surface area contributed by atoms with E-state index < -0.39 is 0 Å². The Morgan fingerprint density at radius 2 is 2.53 bits per heavy atom. The lowest BCUT2D eigenvalue weighted by molar-refractivity contribution is -0.135. The van der Waals surface area contributed by atoms with Gasteiger partial charge in [-0.1, -0.05) is 0 Å². The van der Waals surface area contributed by atoms with Gasteiger partial charge in [0, 0.05) is 5.56 Å². The first-order valence-corrected chi connectivity index (χ1v) is 5.46. The Balaban J connectivity index is 1.94. The second kappa shape index (κ2) is 4.71. The highest BCUT2D eigenvalue weighted by molar-refractivity contribution is 7.12. The molecule has 1 aliphatic rings. The molecule has 15 heavy (non-hydrogen) atoms. The van der Waals surface area contributed by atoms with Crippen LogP contribution in [0, 0.1) is 0 Å². The van der Waals surface area contributed by atoms with Crippen LogP contribution in [0.3, 0.4) is 0 Å². The molecule has 1 aromatic rings. The van der Waals surface area contributed by atoms with Crippen LogP contribution in [-0.2, 0) is 16.1 Å². The van der Waals surface area contributed by atoms with Crippen molar-refractivity contribution in [2.24, 2.45) is 5.84 Å². The third-order valence-electron chi connectivity index (χ3n) is 2.17. The maximum absolute atomic E-state index is 11.3. The van der Waals surface area contributed by atoms with Crippen LogP contribution < -0.4 is 11.3 Å². The molecular formula is C9H12N2O3S. The van der Waals surface area contributed by atoms with Crippen molar-refractivity contribution in [3.63, 3.8) is 0 Å². The monoisotopic (exact) mass is 228 g/mol. The van der Waals surface area contributed by atoms with E-state index in [-0.39, 0.29) is 12.0 Å². The zero-order chi connectivity index (χ0) is 10.7. The zero-order valence-corrected chi connectivity index (χ0v) is 8.88. The van der Waals surface area contributed by atoms with E-state index in [9.17, 15) is 4.79 Å². The summed E-state index contributed by atoms with van der Waals surface area (Å²) >= 11 is 1.36. The van der Waals surface area contributed by atoms with E-state index in [1.807, 2.05) is 11.4 Å². The topological polar surface area (TPSA) is 73.6 Å². The van der Waals surface area contributed by atoms with Crippen LogP contribution in [-0.4, -0.2) is 25.2 Å². The molecule has 0 atom stereocenters. The second-order valence-corrected chi connectivity index (χ2v) is 4.14. The minimum Gasteiger partial charge on any atom is -0.376 e. The van der Waals surface area contributed by atoms with Gasteiger partial charge in [-0.25, -0.2) is 5.84 Å². The summed E-state index contributed by atoms with van der Waals surface area (Å²) in [6.45, 7) is 1.71. The number of ether oxygens (including phenoxy) is 2. The molecule has 1 fully saturated rings. The molecule has 1 saturated heterocycles.